The van der Waals surface area contributed by atoms with Gasteiger partial charge in [-0.25, -0.2) is 24.3 Å². The lowest BCUT2D eigenvalue weighted by Crippen LogP contribution is -2.32. The number of carbonyl (C=O) groups is 3. The normalized spacial score (nSPS) is 11.2. The van der Waals surface area contributed by atoms with Crippen molar-refractivity contribution in [2.24, 2.45) is 9.98 Å². The Bertz CT molecular complexity index is 1210. The molecule has 2 rings (SSSR count). The highest BCUT2D eigenvalue weighted by Gasteiger charge is 2.16. The van der Waals surface area contributed by atoms with E-state index >= 15 is 0 Å². The molecule has 0 aliphatic heterocycles. The van der Waals surface area contributed by atoms with E-state index in [1.807, 2.05) is 0 Å². The number of benzene rings is 2. The van der Waals surface area contributed by atoms with Crippen LogP contribution < -0.4 is 5.32 Å². The Morgan fingerprint density at radius 2 is 1.43 bits per heavy atom. The van der Waals surface area contributed by atoms with E-state index in [1.165, 1.54) is 0 Å². The molecule has 0 aromatic heterocycles. The maximum absolute atomic E-state index is 12.1. The van der Waals surface area contributed by atoms with Crippen molar-refractivity contribution in [1.82, 2.24) is 10.2 Å². The van der Waals surface area contributed by atoms with Gasteiger partial charge in [-0.15, -0.1) is 0 Å². The van der Waals surface area contributed by atoms with E-state index in [4.69, 9.17) is 0 Å². The summed E-state index contributed by atoms with van der Waals surface area (Å²) in [7, 11) is 3.56. The van der Waals surface area contributed by atoms with Crippen molar-refractivity contribution in [3.05, 3.63) is 79.9 Å². The van der Waals surface area contributed by atoms with E-state index in [2.05, 4.69) is 29.8 Å². The lowest BCUT2D eigenvalue weighted by atomic mass is 10.2. The van der Waals surface area contributed by atoms with Crippen LogP contribution in [0.5, 0.6) is 0 Å². The van der Waals surface area contributed by atoms with Crippen molar-refractivity contribution in [3.63, 3.8) is 0 Å². The first-order chi connectivity index (χ1) is 17.6. The maximum Gasteiger partial charge on any atom is 0.422 e. The van der Waals surface area contributed by atoms with Crippen molar-refractivity contribution in [3.8, 4) is 0 Å². The predicted octanol–water partition coefficient (Wildman–Crippen LogP) is 2.10. The topological polar surface area (TPSA) is 205 Å². The van der Waals surface area contributed by atoms with E-state index in [0.29, 0.717) is 12.9 Å². The van der Waals surface area contributed by atoms with Crippen molar-refractivity contribution >= 4 is 41.8 Å². The summed E-state index contributed by atoms with van der Waals surface area (Å²) in [5, 5.41) is 23.5. The third-order valence-electron chi connectivity index (χ3n) is 4.18. The van der Waals surface area contributed by atoms with E-state index in [1.54, 1.807) is 19.0 Å². The lowest BCUT2D eigenvalue weighted by molar-refractivity contribution is -0.385. The number of nitro benzene ring substituents is 2. The van der Waals surface area contributed by atoms with Crippen molar-refractivity contribution < 1.29 is 38.7 Å². The summed E-state index contributed by atoms with van der Waals surface area (Å²) in [5.74, 6) is -2.42. The van der Waals surface area contributed by atoms with Crippen LogP contribution in [0.4, 0.5) is 16.2 Å². The SMILES string of the molecule is CN(C)CCN=C(/N=C/OOC(=O)c1ccc([N+](=O)[O-])cc1)NC(=O)OC(=O)c1ccc([N+](=O)[O-])cc1. The standard InChI is InChI=1S/C21H20N6O10/c1-25(2)12-11-22-20(23-13-35-37-19(29)15-5-9-17(10-6-15)27(33)34)24-21(30)36-18(28)14-3-7-16(8-4-14)26(31)32/h3-10,13H,11-12H2,1-2H3,(H,22,24,30)/b23-13+. The second-order valence-corrected chi connectivity index (χ2v) is 7.12. The summed E-state index contributed by atoms with van der Waals surface area (Å²) in [5.41, 5.74) is -0.621. The van der Waals surface area contributed by atoms with Gasteiger partial charge in [0.2, 0.25) is 12.4 Å². The van der Waals surface area contributed by atoms with Crippen molar-refractivity contribution in [2.45, 2.75) is 0 Å². The summed E-state index contributed by atoms with van der Waals surface area (Å²) in [6.45, 7) is 0.631. The highest BCUT2D eigenvalue weighted by molar-refractivity contribution is 6.03. The number of carbonyl (C=O) groups excluding carboxylic acids is 3. The van der Waals surface area contributed by atoms with Crippen LogP contribution in [0, 0.1) is 20.2 Å². The van der Waals surface area contributed by atoms with Gasteiger partial charge in [0.15, 0.2) is 0 Å². The van der Waals surface area contributed by atoms with Crippen LogP contribution in [0.1, 0.15) is 20.7 Å². The molecule has 0 radical (unpaired) electrons. The molecule has 0 fully saturated rings. The Morgan fingerprint density at radius 1 is 0.919 bits per heavy atom. The molecule has 0 saturated heterocycles. The van der Waals surface area contributed by atoms with Crippen molar-refractivity contribution in [1.29, 1.82) is 0 Å². The Balaban J connectivity index is 1.96. The minimum Gasteiger partial charge on any atom is -0.372 e. The van der Waals surface area contributed by atoms with Gasteiger partial charge in [0.25, 0.3) is 11.4 Å². The highest BCUT2D eigenvalue weighted by Crippen LogP contribution is 2.13. The summed E-state index contributed by atoms with van der Waals surface area (Å²) >= 11 is 0. The van der Waals surface area contributed by atoms with Gasteiger partial charge in [-0.05, 0) is 38.4 Å². The predicted molar refractivity (Wildman–Crippen MR) is 126 cm³/mol. The molecule has 2 aromatic carbocycles. The number of esters is 1. The Morgan fingerprint density at radius 3 is 1.92 bits per heavy atom. The highest BCUT2D eigenvalue weighted by atomic mass is 17.2. The molecule has 1 amide bonds. The van der Waals surface area contributed by atoms with Gasteiger partial charge in [0.1, 0.15) is 0 Å². The molecule has 0 saturated carbocycles. The monoisotopic (exact) mass is 516 g/mol. The second kappa shape index (κ2) is 13.6. The average molecular weight is 516 g/mol. The molecular formula is C21H20N6O10. The zero-order valence-corrected chi connectivity index (χ0v) is 19.4. The number of non-ortho nitro benzene ring substituents is 2. The summed E-state index contributed by atoms with van der Waals surface area (Å²) in [4.78, 5) is 74.8. The first-order valence-electron chi connectivity index (χ1n) is 10.2. The first kappa shape index (κ1) is 28.0. The molecule has 16 heteroatoms. The number of nitrogens with one attached hydrogen (secondary N) is 1. The van der Waals surface area contributed by atoms with Gasteiger partial charge < -0.3 is 9.64 Å². The molecule has 0 aliphatic rings. The molecule has 2 aromatic rings. The largest absolute Gasteiger partial charge is 0.422 e. The second-order valence-electron chi connectivity index (χ2n) is 7.12. The maximum atomic E-state index is 12.1. The Labute approximate surface area is 208 Å². The van der Waals surface area contributed by atoms with Crippen LogP contribution in [-0.2, 0) is 14.5 Å². The fraction of sp³-hybridized carbons (Fsp3) is 0.190. The number of hydrogen-bond acceptors (Lipinski definition) is 12. The summed E-state index contributed by atoms with van der Waals surface area (Å²) < 4.78 is 4.63. The summed E-state index contributed by atoms with van der Waals surface area (Å²) in [6.07, 6.45) is -0.622. The molecule has 16 nitrogen and oxygen atoms in total. The van der Waals surface area contributed by atoms with Gasteiger partial charge in [-0.2, -0.15) is 4.99 Å². The number of amides is 1. The minimum atomic E-state index is -1.26. The first-order valence-corrected chi connectivity index (χ1v) is 10.2. The Hall–Kier alpha value is -5.25. The van der Waals surface area contributed by atoms with Gasteiger partial charge >= 0.3 is 18.0 Å². The fourth-order valence-corrected chi connectivity index (χ4v) is 2.35. The number of guanidine groups is 1. The number of alkyl carbamates (subject to hydrolysis) is 1. The van der Waals surface area contributed by atoms with E-state index < -0.39 is 27.9 Å². The van der Waals surface area contributed by atoms with Gasteiger partial charge in [0, 0.05) is 30.8 Å². The quantitative estimate of drug-likeness (QED) is 0.0971. The van der Waals surface area contributed by atoms with Crippen LogP contribution in [-0.4, -0.2) is 72.3 Å². The Kier molecular flexibility index (Phi) is 10.3. The van der Waals surface area contributed by atoms with Crippen LogP contribution in [0.15, 0.2) is 58.5 Å². The number of aliphatic imine (C=N–C) groups is 2. The molecule has 194 valence electrons. The lowest BCUT2D eigenvalue weighted by Gasteiger charge is -2.08. The molecule has 0 spiro atoms. The van der Waals surface area contributed by atoms with Gasteiger partial charge in [0.05, 0.1) is 27.5 Å². The number of hydrogen-bond donors (Lipinski definition) is 1. The molecule has 0 heterocycles. The van der Waals surface area contributed by atoms with E-state index in [-0.39, 0.29) is 35.0 Å². The fourth-order valence-electron chi connectivity index (χ4n) is 2.35. The molecule has 0 atom stereocenters. The third-order valence-corrected chi connectivity index (χ3v) is 4.18. The van der Waals surface area contributed by atoms with Gasteiger partial charge in [-0.1, -0.05) is 0 Å². The van der Waals surface area contributed by atoms with E-state index in [0.717, 1.165) is 48.5 Å². The van der Waals surface area contributed by atoms with Crippen LogP contribution in [0.2, 0.25) is 0 Å². The molecule has 37 heavy (non-hydrogen) atoms. The molecule has 1 N–H and O–H groups in total. The summed E-state index contributed by atoms with van der Waals surface area (Å²) in [6, 6.07) is 8.91. The third kappa shape index (κ3) is 9.49. The average Bonchev–Trinajstić information content (AvgIpc) is 2.86. The van der Waals surface area contributed by atoms with Crippen molar-refractivity contribution in [2.75, 3.05) is 27.2 Å². The number of nitrogens with zero attached hydrogens (tertiary/aromatic N) is 5. The van der Waals surface area contributed by atoms with Gasteiger partial charge in [-0.3, -0.25) is 30.4 Å². The molecule has 0 aliphatic carbocycles. The van der Waals surface area contributed by atoms with Crippen LogP contribution in [0.25, 0.3) is 0 Å². The number of rotatable bonds is 9. The minimum absolute atomic E-state index is 0.0367. The zero-order chi connectivity index (χ0) is 27.4. The number of nitro groups is 2. The number of ether oxygens (including phenoxy) is 1. The smallest absolute Gasteiger partial charge is 0.372 e. The van der Waals surface area contributed by atoms with Crippen LogP contribution in [0.3, 0.4) is 0 Å². The van der Waals surface area contributed by atoms with Crippen LogP contribution >= 0.6 is 0 Å². The number of likely N-dealkylation sites (N-methyl/N-ethyl adjacent to an activating group) is 1. The zero-order valence-electron chi connectivity index (χ0n) is 19.4. The van der Waals surface area contributed by atoms with E-state index in [9.17, 15) is 34.6 Å². The molecule has 0 unspecified atom stereocenters. The molecular weight excluding hydrogens is 496 g/mol. The molecule has 0 bridgehead atoms.